The summed E-state index contributed by atoms with van der Waals surface area (Å²) in [6.07, 6.45) is 0.780. The van der Waals surface area contributed by atoms with Gasteiger partial charge in [-0.3, -0.25) is 4.90 Å². The van der Waals surface area contributed by atoms with Crippen LogP contribution in [0.1, 0.15) is 12.0 Å². The van der Waals surface area contributed by atoms with E-state index in [1.807, 2.05) is 6.07 Å². The van der Waals surface area contributed by atoms with Crippen molar-refractivity contribution >= 4 is 21.6 Å². The highest BCUT2D eigenvalue weighted by molar-refractivity contribution is 7.89. The molecule has 1 heterocycles. The number of nitrogens with one attached hydrogen (secondary N) is 1. The van der Waals surface area contributed by atoms with Crippen molar-refractivity contribution in [3.05, 3.63) is 65.2 Å². The molecule has 0 saturated carbocycles. The number of hydrogen-bond acceptors (Lipinski definition) is 4. The number of nitrogens with zero attached hydrogens (tertiary/aromatic N) is 2. The molecule has 0 amide bonds. The topological polar surface area (TPSA) is 52.7 Å². The summed E-state index contributed by atoms with van der Waals surface area (Å²) < 4.78 is 27.3. The lowest BCUT2D eigenvalue weighted by atomic mass is 10.2. The number of sulfonamides is 1. The van der Waals surface area contributed by atoms with Crippen LogP contribution in [-0.2, 0) is 16.6 Å². The van der Waals surface area contributed by atoms with E-state index < -0.39 is 10.0 Å². The minimum Gasteiger partial charge on any atom is -0.301 e. The van der Waals surface area contributed by atoms with Crippen molar-refractivity contribution in [3.8, 4) is 0 Å². The number of rotatable bonds is 8. The second-order valence-electron chi connectivity index (χ2n) is 6.79. The van der Waals surface area contributed by atoms with Crippen molar-refractivity contribution in [1.82, 2.24) is 14.5 Å². The predicted molar refractivity (Wildman–Crippen MR) is 109 cm³/mol. The summed E-state index contributed by atoms with van der Waals surface area (Å²) in [6, 6.07) is 17.0. The average molecular weight is 408 g/mol. The van der Waals surface area contributed by atoms with E-state index in [9.17, 15) is 8.42 Å². The summed E-state index contributed by atoms with van der Waals surface area (Å²) in [5, 5.41) is 0.250. The van der Waals surface area contributed by atoms with Crippen LogP contribution in [0.3, 0.4) is 0 Å². The molecule has 0 unspecified atom stereocenters. The monoisotopic (exact) mass is 407 g/mol. The van der Waals surface area contributed by atoms with Gasteiger partial charge in [-0.05, 0) is 30.7 Å². The largest absolute Gasteiger partial charge is 0.301 e. The maximum atomic E-state index is 12.3. The van der Waals surface area contributed by atoms with Crippen molar-refractivity contribution in [2.45, 2.75) is 17.9 Å². The zero-order valence-corrected chi connectivity index (χ0v) is 16.9. The third-order valence-corrected chi connectivity index (χ3v) is 6.74. The molecule has 2 aromatic carbocycles. The zero-order valence-electron chi connectivity index (χ0n) is 15.4. The van der Waals surface area contributed by atoms with Crippen molar-refractivity contribution in [3.63, 3.8) is 0 Å². The minimum atomic E-state index is -3.55. The first-order chi connectivity index (χ1) is 13.0. The molecule has 1 saturated heterocycles. The number of piperazine rings is 1. The van der Waals surface area contributed by atoms with E-state index in [1.165, 1.54) is 11.6 Å². The van der Waals surface area contributed by atoms with Gasteiger partial charge in [-0.15, -0.1) is 0 Å². The van der Waals surface area contributed by atoms with Gasteiger partial charge in [-0.2, -0.15) is 0 Å². The van der Waals surface area contributed by atoms with Gasteiger partial charge in [0.25, 0.3) is 0 Å². The van der Waals surface area contributed by atoms with E-state index in [2.05, 4.69) is 38.8 Å². The number of benzene rings is 2. The van der Waals surface area contributed by atoms with Crippen molar-refractivity contribution in [2.75, 3.05) is 39.3 Å². The Morgan fingerprint density at radius 1 is 0.889 bits per heavy atom. The van der Waals surface area contributed by atoms with Crippen LogP contribution in [0.15, 0.2) is 59.5 Å². The smallest absolute Gasteiger partial charge is 0.242 e. The molecular formula is C20H26ClN3O2S. The van der Waals surface area contributed by atoms with E-state index in [0.717, 1.165) is 45.7 Å². The van der Waals surface area contributed by atoms with Gasteiger partial charge in [0.15, 0.2) is 0 Å². The lowest BCUT2D eigenvalue weighted by Gasteiger charge is -2.34. The summed E-state index contributed by atoms with van der Waals surface area (Å²) >= 11 is 5.98. The van der Waals surface area contributed by atoms with Crippen LogP contribution in [0.4, 0.5) is 0 Å². The second kappa shape index (κ2) is 9.66. The molecule has 0 radical (unpaired) electrons. The maximum absolute atomic E-state index is 12.3. The SMILES string of the molecule is O=S(=O)(NCCCN1CCN(Cc2ccccc2)CC1)c1ccccc1Cl. The lowest BCUT2D eigenvalue weighted by Crippen LogP contribution is -2.46. The van der Waals surface area contributed by atoms with E-state index in [0.29, 0.717) is 6.54 Å². The van der Waals surface area contributed by atoms with Gasteiger partial charge in [-0.25, -0.2) is 13.1 Å². The molecule has 0 aromatic heterocycles. The Morgan fingerprint density at radius 2 is 1.52 bits per heavy atom. The third-order valence-electron chi connectivity index (χ3n) is 4.78. The molecule has 1 aliphatic heterocycles. The van der Waals surface area contributed by atoms with Gasteiger partial charge in [0.1, 0.15) is 4.90 Å². The van der Waals surface area contributed by atoms with Gasteiger partial charge in [0.2, 0.25) is 10.0 Å². The Hall–Kier alpha value is -1.44. The molecule has 0 atom stereocenters. The molecule has 5 nitrogen and oxygen atoms in total. The van der Waals surface area contributed by atoms with Gasteiger partial charge in [0, 0.05) is 39.3 Å². The fraction of sp³-hybridized carbons (Fsp3) is 0.400. The van der Waals surface area contributed by atoms with Crippen LogP contribution in [0.25, 0.3) is 0 Å². The Morgan fingerprint density at radius 3 is 2.22 bits per heavy atom. The molecule has 3 rings (SSSR count). The minimum absolute atomic E-state index is 0.140. The van der Waals surface area contributed by atoms with Crippen LogP contribution in [0.5, 0.6) is 0 Å². The van der Waals surface area contributed by atoms with Crippen LogP contribution in [0.2, 0.25) is 5.02 Å². The summed E-state index contributed by atoms with van der Waals surface area (Å²) in [5.41, 5.74) is 1.35. The van der Waals surface area contributed by atoms with Gasteiger partial charge in [0.05, 0.1) is 5.02 Å². The Balaban J connectivity index is 1.36. The molecule has 0 bridgehead atoms. The highest BCUT2D eigenvalue weighted by Gasteiger charge is 2.18. The van der Waals surface area contributed by atoms with E-state index in [-0.39, 0.29) is 9.92 Å². The highest BCUT2D eigenvalue weighted by Crippen LogP contribution is 2.20. The summed E-state index contributed by atoms with van der Waals surface area (Å²) in [5.74, 6) is 0. The number of hydrogen-bond donors (Lipinski definition) is 1. The second-order valence-corrected chi connectivity index (χ2v) is 8.93. The highest BCUT2D eigenvalue weighted by atomic mass is 35.5. The van der Waals surface area contributed by atoms with Crippen LogP contribution >= 0.6 is 11.6 Å². The predicted octanol–water partition coefficient (Wildman–Crippen LogP) is 2.83. The summed E-state index contributed by atoms with van der Waals surface area (Å²) in [7, 11) is -3.55. The summed E-state index contributed by atoms with van der Waals surface area (Å²) in [4.78, 5) is 5.00. The molecule has 27 heavy (non-hydrogen) atoms. The summed E-state index contributed by atoms with van der Waals surface area (Å²) in [6.45, 7) is 6.42. The standard InChI is InChI=1S/C20H26ClN3O2S/c21-19-9-4-5-10-20(19)27(25,26)22-11-6-12-23-13-15-24(16-14-23)17-18-7-2-1-3-8-18/h1-5,7-10,22H,6,11-17H2. The Kier molecular flexibility index (Phi) is 7.26. The zero-order chi connectivity index (χ0) is 19.1. The fourth-order valence-corrected chi connectivity index (χ4v) is 4.85. The molecule has 1 fully saturated rings. The maximum Gasteiger partial charge on any atom is 0.242 e. The van der Waals surface area contributed by atoms with Crippen molar-refractivity contribution in [2.24, 2.45) is 0 Å². The molecule has 0 aliphatic carbocycles. The first kappa shape index (κ1) is 20.3. The van der Waals surface area contributed by atoms with Gasteiger partial charge in [-0.1, -0.05) is 54.1 Å². The van der Waals surface area contributed by atoms with E-state index in [4.69, 9.17) is 11.6 Å². The fourth-order valence-electron chi connectivity index (χ4n) is 3.26. The lowest BCUT2D eigenvalue weighted by molar-refractivity contribution is 0.126. The molecule has 7 heteroatoms. The molecular weight excluding hydrogens is 382 g/mol. The van der Waals surface area contributed by atoms with Crippen molar-refractivity contribution in [1.29, 1.82) is 0 Å². The Bertz CT molecular complexity index is 822. The third kappa shape index (κ3) is 6.02. The van der Waals surface area contributed by atoms with Gasteiger partial charge >= 0.3 is 0 Å². The number of halogens is 1. The van der Waals surface area contributed by atoms with E-state index >= 15 is 0 Å². The molecule has 1 N–H and O–H groups in total. The quantitative estimate of drug-likeness (QED) is 0.683. The van der Waals surface area contributed by atoms with Crippen molar-refractivity contribution < 1.29 is 8.42 Å². The molecule has 1 aliphatic rings. The average Bonchev–Trinajstić information content (AvgIpc) is 2.67. The molecule has 2 aromatic rings. The van der Waals surface area contributed by atoms with Crippen LogP contribution in [0, 0.1) is 0 Å². The first-order valence-corrected chi connectivity index (χ1v) is 11.1. The molecule has 0 spiro atoms. The van der Waals surface area contributed by atoms with Crippen LogP contribution in [-0.4, -0.2) is 57.5 Å². The van der Waals surface area contributed by atoms with Gasteiger partial charge < -0.3 is 4.90 Å². The van der Waals surface area contributed by atoms with Crippen LogP contribution < -0.4 is 4.72 Å². The van der Waals surface area contributed by atoms with E-state index in [1.54, 1.807) is 18.2 Å². The Labute approximate surface area is 167 Å². The normalized spacial score (nSPS) is 16.5. The first-order valence-electron chi connectivity index (χ1n) is 9.27. The molecule has 146 valence electrons.